The van der Waals surface area contributed by atoms with E-state index in [4.69, 9.17) is 0 Å². The van der Waals surface area contributed by atoms with Crippen molar-refractivity contribution >= 4 is 12.0 Å². The van der Waals surface area contributed by atoms with E-state index in [1.807, 2.05) is 50.4 Å². The molecule has 7 nitrogen and oxygen atoms in total. The van der Waals surface area contributed by atoms with Crippen LogP contribution in [0, 0.1) is 0 Å². The Bertz CT molecular complexity index is 836. The number of aliphatic hydroxyl groups excluding tert-OH is 1. The highest BCUT2D eigenvalue weighted by atomic mass is 16.3. The lowest BCUT2D eigenvalue weighted by atomic mass is 9.97. The quantitative estimate of drug-likeness (QED) is 0.756. The fourth-order valence-corrected chi connectivity index (χ4v) is 3.49. The van der Waals surface area contributed by atoms with Crippen molar-refractivity contribution in [3.63, 3.8) is 0 Å². The monoisotopic (exact) mass is 367 g/mol. The van der Waals surface area contributed by atoms with E-state index in [1.54, 1.807) is 4.90 Å². The smallest absolute Gasteiger partial charge is 0.319 e. The molecule has 2 aliphatic rings. The predicted molar refractivity (Wildman–Crippen MR) is 102 cm³/mol. The zero-order valence-corrected chi connectivity index (χ0v) is 15.6. The number of amides is 2. The molecule has 0 spiro atoms. The molecule has 4 rings (SSSR count). The molecule has 1 saturated carbocycles. The van der Waals surface area contributed by atoms with Crippen molar-refractivity contribution < 1.29 is 9.90 Å². The summed E-state index contributed by atoms with van der Waals surface area (Å²) in [4.78, 5) is 23.8. The van der Waals surface area contributed by atoms with Crippen LogP contribution in [0.1, 0.15) is 49.6 Å². The van der Waals surface area contributed by atoms with Gasteiger partial charge in [0.2, 0.25) is 5.95 Å². The Kier molecular flexibility index (Phi) is 4.47. The fourth-order valence-electron chi connectivity index (χ4n) is 3.49. The number of rotatable bonds is 5. The zero-order chi connectivity index (χ0) is 19.0. The number of anilines is 1. The largest absolute Gasteiger partial charge is 0.394 e. The SMILES string of the molecule is CC1(C)c2cnc(NC3CC3)nc2CN1C(=O)NC(CO)c1ccccc1. The molecule has 27 heavy (non-hydrogen) atoms. The van der Waals surface area contributed by atoms with Gasteiger partial charge in [-0.2, -0.15) is 0 Å². The number of carbonyl (C=O) groups excluding carboxylic acids is 1. The normalized spacial score (nSPS) is 18.7. The number of aliphatic hydroxyl groups is 1. The van der Waals surface area contributed by atoms with Crippen LogP contribution in [-0.2, 0) is 12.1 Å². The van der Waals surface area contributed by atoms with Gasteiger partial charge in [-0.05, 0) is 32.3 Å². The standard InChI is InChI=1S/C20H25N5O2/c1-20(2)15-10-21-18(22-14-8-9-14)23-16(15)11-25(20)19(27)24-17(12-26)13-6-4-3-5-7-13/h3-7,10,14,17,26H,8-9,11-12H2,1-2H3,(H,24,27)(H,21,22,23). The van der Waals surface area contributed by atoms with Crippen molar-refractivity contribution in [1.82, 2.24) is 20.2 Å². The molecule has 0 saturated heterocycles. The number of nitrogens with one attached hydrogen (secondary N) is 2. The molecule has 142 valence electrons. The Morgan fingerprint density at radius 2 is 2.07 bits per heavy atom. The van der Waals surface area contributed by atoms with E-state index < -0.39 is 11.6 Å². The van der Waals surface area contributed by atoms with Gasteiger partial charge in [0.15, 0.2) is 0 Å². The number of hydrogen-bond acceptors (Lipinski definition) is 5. The summed E-state index contributed by atoms with van der Waals surface area (Å²) >= 11 is 0. The summed E-state index contributed by atoms with van der Waals surface area (Å²) < 4.78 is 0. The summed E-state index contributed by atoms with van der Waals surface area (Å²) in [6, 6.07) is 9.29. The number of fused-ring (bicyclic) bond motifs is 1. The van der Waals surface area contributed by atoms with Crippen LogP contribution in [0.3, 0.4) is 0 Å². The molecule has 1 atom stereocenters. The summed E-state index contributed by atoms with van der Waals surface area (Å²) in [6.45, 7) is 4.24. The molecule has 1 aromatic carbocycles. The molecular weight excluding hydrogens is 342 g/mol. The molecule has 0 bridgehead atoms. The van der Waals surface area contributed by atoms with Crippen molar-refractivity contribution in [2.75, 3.05) is 11.9 Å². The van der Waals surface area contributed by atoms with Gasteiger partial charge in [-0.3, -0.25) is 0 Å². The van der Waals surface area contributed by atoms with Gasteiger partial charge in [0.25, 0.3) is 0 Å². The van der Waals surface area contributed by atoms with E-state index in [0.29, 0.717) is 18.5 Å². The van der Waals surface area contributed by atoms with Gasteiger partial charge < -0.3 is 20.6 Å². The summed E-state index contributed by atoms with van der Waals surface area (Å²) in [6.07, 6.45) is 4.13. The number of benzene rings is 1. The van der Waals surface area contributed by atoms with Gasteiger partial charge in [0.05, 0.1) is 30.4 Å². The summed E-state index contributed by atoms with van der Waals surface area (Å²) in [5.74, 6) is 0.631. The van der Waals surface area contributed by atoms with E-state index in [1.165, 1.54) is 0 Å². The third-order valence-corrected chi connectivity index (χ3v) is 5.35. The van der Waals surface area contributed by atoms with Crippen molar-refractivity contribution in [2.24, 2.45) is 0 Å². The minimum Gasteiger partial charge on any atom is -0.394 e. The fraction of sp³-hybridized carbons (Fsp3) is 0.450. The molecule has 0 radical (unpaired) electrons. The maximum Gasteiger partial charge on any atom is 0.319 e. The number of nitrogens with zero attached hydrogens (tertiary/aromatic N) is 3. The summed E-state index contributed by atoms with van der Waals surface area (Å²) in [7, 11) is 0. The van der Waals surface area contributed by atoms with Crippen LogP contribution in [0.5, 0.6) is 0 Å². The van der Waals surface area contributed by atoms with Crippen LogP contribution < -0.4 is 10.6 Å². The summed E-state index contributed by atoms with van der Waals surface area (Å²) in [5.41, 5.74) is 2.18. The highest BCUT2D eigenvalue weighted by molar-refractivity contribution is 5.77. The second-order valence-electron chi connectivity index (χ2n) is 7.71. The topological polar surface area (TPSA) is 90.4 Å². The number of aromatic nitrogens is 2. The molecule has 1 unspecified atom stereocenters. The lowest BCUT2D eigenvalue weighted by Gasteiger charge is -2.33. The molecular formula is C20H25N5O2. The first kappa shape index (κ1) is 17.7. The Balaban J connectivity index is 1.51. The van der Waals surface area contributed by atoms with E-state index in [2.05, 4.69) is 20.6 Å². The van der Waals surface area contributed by atoms with Gasteiger partial charge in [-0.25, -0.2) is 14.8 Å². The highest BCUT2D eigenvalue weighted by Crippen LogP contribution is 2.38. The van der Waals surface area contributed by atoms with Gasteiger partial charge in [0, 0.05) is 17.8 Å². The van der Waals surface area contributed by atoms with Gasteiger partial charge >= 0.3 is 6.03 Å². The van der Waals surface area contributed by atoms with Crippen LogP contribution in [0.25, 0.3) is 0 Å². The van der Waals surface area contributed by atoms with Gasteiger partial charge in [0.1, 0.15) is 0 Å². The van der Waals surface area contributed by atoms with E-state index in [-0.39, 0.29) is 12.6 Å². The van der Waals surface area contributed by atoms with Crippen molar-refractivity contribution in [2.45, 2.75) is 50.9 Å². The molecule has 3 N–H and O–H groups in total. The van der Waals surface area contributed by atoms with Gasteiger partial charge in [-0.15, -0.1) is 0 Å². The summed E-state index contributed by atoms with van der Waals surface area (Å²) in [5, 5.41) is 16.0. The highest BCUT2D eigenvalue weighted by Gasteiger charge is 2.42. The first-order chi connectivity index (χ1) is 13.0. The number of urea groups is 1. The minimum absolute atomic E-state index is 0.160. The lowest BCUT2D eigenvalue weighted by molar-refractivity contribution is 0.136. The second kappa shape index (κ2) is 6.81. The maximum absolute atomic E-state index is 13.0. The van der Waals surface area contributed by atoms with Crippen LogP contribution in [0.2, 0.25) is 0 Å². The molecule has 1 aliphatic carbocycles. The molecule has 2 amide bonds. The lowest BCUT2D eigenvalue weighted by Crippen LogP contribution is -2.47. The second-order valence-corrected chi connectivity index (χ2v) is 7.71. The first-order valence-corrected chi connectivity index (χ1v) is 9.36. The molecule has 7 heteroatoms. The third kappa shape index (κ3) is 3.47. The number of hydrogen-bond donors (Lipinski definition) is 3. The number of carbonyl (C=O) groups is 1. The average molecular weight is 367 g/mol. The van der Waals surface area contributed by atoms with Crippen molar-refractivity contribution in [3.8, 4) is 0 Å². The Morgan fingerprint density at radius 1 is 1.33 bits per heavy atom. The Labute approximate surface area is 158 Å². The van der Waals surface area contributed by atoms with Crippen molar-refractivity contribution in [3.05, 3.63) is 53.3 Å². The Morgan fingerprint density at radius 3 is 2.74 bits per heavy atom. The minimum atomic E-state index is -0.520. The molecule has 1 fully saturated rings. The van der Waals surface area contributed by atoms with Crippen molar-refractivity contribution in [1.29, 1.82) is 0 Å². The maximum atomic E-state index is 13.0. The first-order valence-electron chi connectivity index (χ1n) is 9.36. The van der Waals surface area contributed by atoms with E-state index in [0.717, 1.165) is 29.7 Å². The molecule has 2 heterocycles. The van der Waals surface area contributed by atoms with E-state index >= 15 is 0 Å². The molecule has 1 aromatic heterocycles. The van der Waals surface area contributed by atoms with Crippen LogP contribution in [-0.4, -0.2) is 38.7 Å². The zero-order valence-electron chi connectivity index (χ0n) is 15.6. The van der Waals surface area contributed by atoms with Crippen LogP contribution in [0.15, 0.2) is 36.5 Å². The third-order valence-electron chi connectivity index (χ3n) is 5.35. The Hall–Kier alpha value is -2.67. The van der Waals surface area contributed by atoms with Gasteiger partial charge in [-0.1, -0.05) is 30.3 Å². The average Bonchev–Trinajstić information content (AvgIpc) is 3.43. The van der Waals surface area contributed by atoms with Crippen LogP contribution >= 0.6 is 0 Å². The van der Waals surface area contributed by atoms with E-state index in [9.17, 15) is 9.90 Å². The molecule has 1 aliphatic heterocycles. The predicted octanol–water partition coefficient (Wildman–Crippen LogP) is 2.54. The van der Waals surface area contributed by atoms with Crippen LogP contribution in [0.4, 0.5) is 10.7 Å². The molecule has 2 aromatic rings.